The third-order valence-corrected chi connectivity index (χ3v) is 3.67. The van der Waals surface area contributed by atoms with Crippen molar-refractivity contribution in [2.75, 3.05) is 13.2 Å². The molecule has 2 unspecified atom stereocenters. The van der Waals surface area contributed by atoms with Gasteiger partial charge >= 0.3 is 6.36 Å². The standard InChI is InChI=1S/C14H16F3NO3/c1-9-6-7-18(12(9)8-19)13(20)10-2-4-11(5-3-10)21-14(15,16)17/h2-5,9,12,19H,6-8H2,1H3. The van der Waals surface area contributed by atoms with Crippen LogP contribution >= 0.6 is 0 Å². The van der Waals surface area contributed by atoms with Gasteiger partial charge in [0.15, 0.2) is 0 Å². The van der Waals surface area contributed by atoms with Gasteiger partial charge in [0.05, 0.1) is 12.6 Å². The molecule has 1 saturated heterocycles. The first-order chi connectivity index (χ1) is 9.81. The Labute approximate surface area is 120 Å². The summed E-state index contributed by atoms with van der Waals surface area (Å²) in [5, 5.41) is 9.34. The molecule has 0 spiro atoms. The number of likely N-dealkylation sites (tertiary alicyclic amines) is 1. The molecule has 2 atom stereocenters. The first kappa shape index (κ1) is 15.6. The molecular weight excluding hydrogens is 287 g/mol. The van der Waals surface area contributed by atoms with E-state index in [4.69, 9.17) is 0 Å². The Morgan fingerprint density at radius 2 is 2.00 bits per heavy atom. The van der Waals surface area contributed by atoms with Crippen LogP contribution in [0.25, 0.3) is 0 Å². The number of halogens is 3. The molecule has 1 N–H and O–H groups in total. The second-order valence-corrected chi connectivity index (χ2v) is 5.09. The van der Waals surface area contributed by atoms with Gasteiger partial charge in [-0.25, -0.2) is 0 Å². The maximum absolute atomic E-state index is 12.3. The highest BCUT2D eigenvalue weighted by Gasteiger charge is 2.34. The maximum Gasteiger partial charge on any atom is 0.573 e. The molecule has 7 heteroatoms. The number of benzene rings is 1. The fourth-order valence-electron chi connectivity index (χ4n) is 2.50. The molecule has 0 aliphatic carbocycles. The van der Waals surface area contributed by atoms with E-state index in [2.05, 4.69) is 4.74 Å². The second-order valence-electron chi connectivity index (χ2n) is 5.09. The van der Waals surface area contributed by atoms with Crippen molar-refractivity contribution in [2.45, 2.75) is 25.7 Å². The van der Waals surface area contributed by atoms with Gasteiger partial charge in [0.25, 0.3) is 5.91 Å². The molecule has 1 aliphatic heterocycles. The number of alkyl halides is 3. The van der Waals surface area contributed by atoms with E-state index in [1.165, 1.54) is 12.1 Å². The van der Waals surface area contributed by atoms with Crippen molar-refractivity contribution in [3.63, 3.8) is 0 Å². The smallest absolute Gasteiger partial charge is 0.406 e. The summed E-state index contributed by atoms with van der Waals surface area (Å²) in [5.74, 6) is -0.462. The summed E-state index contributed by atoms with van der Waals surface area (Å²) >= 11 is 0. The molecular formula is C14H16F3NO3. The zero-order valence-electron chi connectivity index (χ0n) is 11.4. The Hall–Kier alpha value is -1.76. The van der Waals surface area contributed by atoms with E-state index in [1.807, 2.05) is 6.92 Å². The van der Waals surface area contributed by atoms with Crippen molar-refractivity contribution in [1.29, 1.82) is 0 Å². The van der Waals surface area contributed by atoms with Gasteiger partial charge < -0.3 is 14.7 Å². The van der Waals surface area contributed by atoms with Gasteiger partial charge in [0.1, 0.15) is 5.75 Å². The molecule has 1 amide bonds. The number of hydrogen-bond donors (Lipinski definition) is 1. The zero-order chi connectivity index (χ0) is 15.6. The number of ether oxygens (including phenoxy) is 1. The van der Waals surface area contributed by atoms with Crippen molar-refractivity contribution in [3.05, 3.63) is 29.8 Å². The van der Waals surface area contributed by atoms with Crippen LogP contribution in [0, 0.1) is 5.92 Å². The molecule has 1 fully saturated rings. The lowest BCUT2D eigenvalue weighted by Gasteiger charge is -2.25. The van der Waals surface area contributed by atoms with Crippen molar-refractivity contribution >= 4 is 5.91 Å². The predicted octanol–water partition coefficient (Wildman–Crippen LogP) is 2.43. The maximum atomic E-state index is 12.3. The normalized spacial score (nSPS) is 22.4. The number of amides is 1. The SMILES string of the molecule is CC1CCN(C(=O)c2ccc(OC(F)(F)F)cc2)C1CO. The lowest BCUT2D eigenvalue weighted by atomic mass is 10.0. The van der Waals surface area contributed by atoms with Crippen molar-refractivity contribution < 1.29 is 27.8 Å². The van der Waals surface area contributed by atoms with Gasteiger partial charge in [-0.3, -0.25) is 4.79 Å². The van der Waals surface area contributed by atoms with Gasteiger partial charge in [-0.1, -0.05) is 6.92 Å². The summed E-state index contributed by atoms with van der Waals surface area (Å²) in [6.07, 6.45) is -3.95. The Balaban J connectivity index is 2.10. The Morgan fingerprint density at radius 1 is 1.38 bits per heavy atom. The number of aliphatic hydroxyl groups excluding tert-OH is 1. The van der Waals surface area contributed by atoms with Crippen LogP contribution in [0.5, 0.6) is 5.75 Å². The molecule has 1 heterocycles. The fraction of sp³-hybridized carbons (Fsp3) is 0.500. The largest absolute Gasteiger partial charge is 0.573 e. The average Bonchev–Trinajstić information content (AvgIpc) is 2.78. The van der Waals surface area contributed by atoms with E-state index in [0.717, 1.165) is 18.6 Å². The van der Waals surface area contributed by atoms with E-state index in [-0.39, 0.29) is 35.8 Å². The predicted molar refractivity (Wildman–Crippen MR) is 68.8 cm³/mol. The van der Waals surface area contributed by atoms with E-state index in [9.17, 15) is 23.1 Å². The van der Waals surface area contributed by atoms with Crippen molar-refractivity contribution in [1.82, 2.24) is 4.90 Å². The van der Waals surface area contributed by atoms with E-state index < -0.39 is 6.36 Å². The van der Waals surface area contributed by atoms with Crippen LogP contribution in [0.1, 0.15) is 23.7 Å². The first-order valence-corrected chi connectivity index (χ1v) is 6.59. The van der Waals surface area contributed by atoms with Gasteiger partial charge in [-0.2, -0.15) is 0 Å². The van der Waals surface area contributed by atoms with Crippen LogP contribution < -0.4 is 4.74 Å². The third-order valence-electron chi connectivity index (χ3n) is 3.67. The fourth-order valence-corrected chi connectivity index (χ4v) is 2.50. The van der Waals surface area contributed by atoms with Crippen LogP contribution in [0.4, 0.5) is 13.2 Å². The van der Waals surface area contributed by atoms with Crippen molar-refractivity contribution in [3.8, 4) is 5.75 Å². The Kier molecular flexibility index (Phi) is 4.41. The minimum atomic E-state index is -4.75. The molecule has 0 radical (unpaired) electrons. The first-order valence-electron chi connectivity index (χ1n) is 6.59. The molecule has 116 valence electrons. The Morgan fingerprint density at radius 3 is 2.52 bits per heavy atom. The Bertz CT molecular complexity index is 501. The molecule has 1 aliphatic rings. The van der Waals surface area contributed by atoms with Gasteiger partial charge in [-0.05, 0) is 36.6 Å². The monoisotopic (exact) mass is 303 g/mol. The number of rotatable bonds is 3. The van der Waals surface area contributed by atoms with Crippen molar-refractivity contribution in [2.24, 2.45) is 5.92 Å². The molecule has 1 aromatic rings. The quantitative estimate of drug-likeness (QED) is 0.933. The summed E-state index contributed by atoms with van der Waals surface area (Å²) in [4.78, 5) is 13.9. The number of carbonyl (C=O) groups excluding carboxylic acids is 1. The topological polar surface area (TPSA) is 49.8 Å². The highest BCUT2D eigenvalue weighted by atomic mass is 19.4. The molecule has 0 aromatic heterocycles. The summed E-state index contributed by atoms with van der Waals surface area (Å²) in [6.45, 7) is 2.36. The van der Waals surface area contributed by atoms with Crippen LogP contribution in [0.2, 0.25) is 0 Å². The number of nitrogens with zero attached hydrogens (tertiary/aromatic N) is 1. The molecule has 2 rings (SSSR count). The highest BCUT2D eigenvalue weighted by molar-refractivity contribution is 5.94. The zero-order valence-corrected chi connectivity index (χ0v) is 11.4. The van der Waals surface area contributed by atoms with Crippen LogP contribution in [0.3, 0.4) is 0 Å². The molecule has 21 heavy (non-hydrogen) atoms. The number of hydrogen-bond acceptors (Lipinski definition) is 3. The average molecular weight is 303 g/mol. The van der Waals surface area contributed by atoms with Crippen LogP contribution in [0.15, 0.2) is 24.3 Å². The molecule has 4 nitrogen and oxygen atoms in total. The van der Waals surface area contributed by atoms with Crippen LogP contribution in [-0.4, -0.2) is 41.5 Å². The highest BCUT2D eigenvalue weighted by Crippen LogP contribution is 2.27. The van der Waals surface area contributed by atoms with Gasteiger partial charge in [0, 0.05) is 12.1 Å². The minimum Gasteiger partial charge on any atom is -0.406 e. The lowest BCUT2D eigenvalue weighted by Crippen LogP contribution is -2.39. The third kappa shape index (κ3) is 3.66. The number of aliphatic hydroxyl groups is 1. The summed E-state index contributed by atoms with van der Waals surface area (Å²) in [6, 6.07) is 4.55. The van der Waals surface area contributed by atoms with E-state index in [0.29, 0.717) is 6.54 Å². The van der Waals surface area contributed by atoms with Crippen LogP contribution in [-0.2, 0) is 0 Å². The summed E-state index contributed by atoms with van der Waals surface area (Å²) in [5.41, 5.74) is 0.275. The minimum absolute atomic E-state index is 0.123. The number of carbonyl (C=O) groups is 1. The lowest BCUT2D eigenvalue weighted by molar-refractivity contribution is -0.274. The summed E-state index contributed by atoms with van der Waals surface area (Å²) in [7, 11) is 0. The second kappa shape index (κ2) is 5.93. The van der Waals surface area contributed by atoms with E-state index >= 15 is 0 Å². The molecule has 0 saturated carbocycles. The molecule has 0 bridgehead atoms. The molecule has 1 aromatic carbocycles. The summed E-state index contributed by atoms with van der Waals surface area (Å²) < 4.78 is 39.9. The van der Waals surface area contributed by atoms with E-state index in [1.54, 1.807) is 4.90 Å². The van der Waals surface area contributed by atoms with Gasteiger partial charge in [0.2, 0.25) is 0 Å². The van der Waals surface area contributed by atoms with Gasteiger partial charge in [-0.15, -0.1) is 13.2 Å².